The van der Waals surface area contributed by atoms with Crippen LogP contribution in [0.5, 0.6) is 11.5 Å². The molecule has 5 rings (SSSR count). The molecule has 4 aliphatic rings. The third-order valence-corrected chi connectivity index (χ3v) is 10.7. The minimum Gasteiger partial charge on any atom is -0.454 e. The Balaban J connectivity index is 1.29. The van der Waals surface area contributed by atoms with E-state index in [1.807, 2.05) is 0 Å². The largest absolute Gasteiger partial charge is 0.454 e. The van der Waals surface area contributed by atoms with Crippen molar-refractivity contribution in [3.05, 3.63) is 23.3 Å². The molecule has 3 atom stereocenters. The highest BCUT2D eigenvalue weighted by Crippen LogP contribution is 2.46. The molecule has 34 heavy (non-hydrogen) atoms. The van der Waals surface area contributed by atoms with Gasteiger partial charge in [0.15, 0.2) is 11.5 Å². The summed E-state index contributed by atoms with van der Waals surface area (Å²) in [6, 6.07) is 4.31. The van der Waals surface area contributed by atoms with Crippen LogP contribution in [0.2, 0.25) is 0 Å². The molecule has 2 fully saturated rings. The third kappa shape index (κ3) is 4.80. The number of ether oxygens (including phenoxy) is 2. The lowest BCUT2D eigenvalue weighted by Crippen LogP contribution is -2.57. The highest BCUT2D eigenvalue weighted by Gasteiger charge is 2.46. The van der Waals surface area contributed by atoms with Crippen LogP contribution >= 0.6 is 0 Å². The second-order valence-corrected chi connectivity index (χ2v) is 13.2. The predicted molar refractivity (Wildman–Crippen MR) is 127 cm³/mol. The fourth-order valence-electron chi connectivity index (χ4n) is 5.96. The molecule has 1 aromatic rings. The molecule has 0 aromatic heterocycles. The van der Waals surface area contributed by atoms with Crippen LogP contribution in [-0.2, 0) is 26.7 Å². The number of hydrogen-bond donors (Lipinski definition) is 2. The van der Waals surface area contributed by atoms with E-state index in [9.17, 15) is 16.8 Å². The molecule has 0 amide bonds. The van der Waals surface area contributed by atoms with Gasteiger partial charge in [0.1, 0.15) is 0 Å². The molecular weight excluding hydrogens is 480 g/mol. The number of nitrogens with one attached hydrogen (secondary N) is 2. The zero-order valence-corrected chi connectivity index (χ0v) is 21.2. The summed E-state index contributed by atoms with van der Waals surface area (Å²) in [6.45, 7) is 4.72. The summed E-state index contributed by atoms with van der Waals surface area (Å²) < 4.78 is 67.8. The lowest BCUT2D eigenvalue weighted by molar-refractivity contribution is 0.0219. The molecule has 0 bridgehead atoms. The monoisotopic (exact) mass is 514 g/mol. The van der Waals surface area contributed by atoms with Crippen molar-refractivity contribution in [3.63, 3.8) is 0 Å². The smallest absolute Gasteiger partial charge is 0.276 e. The van der Waals surface area contributed by atoms with Crippen LogP contribution in [0.15, 0.2) is 12.1 Å². The van der Waals surface area contributed by atoms with Gasteiger partial charge in [-0.05, 0) is 61.3 Å². The van der Waals surface area contributed by atoms with Crippen LogP contribution in [0.1, 0.15) is 49.8 Å². The Morgan fingerprint density at radius 3 is 2.68 bits per heavy atom. The highest BCUT2D eigenvalue weighted by atomic mass is 32.2. The molecular formula is C22H34N4O6S2. The average molecular weight is 515 g/mol. The zero-order valence-electron chi connectivity index (χ0n) is 19.5. The van der Waals surface area contributed by atoms with Crippen LogP contribution in [0.4, 0.5) is 0 Å². The van der Waals surface area contributed by atoms with Crippen molar-refractivity contribution in [1.29, 1.82) is 0 Å². The normalized spacial score (nSPS) is 27.1. The van der Waals surface area contributed by atoms with Crippen LogP contribution in [0, 0.1) is 5.92 Å². The minimum absolute atomic E-state index is 0.0326. The number of sulfonamides is 1. The second kappa shape index (κ2) is 9.55. The number of fused-ring (bicyclic) bond motifs is 5. The SMILES string of the molecule is CCNS(=O)(=O)NCCCS(=O)(=O)N1CCC[C@@H]2CN3CCc4cc5c(cc4[C@@H]3C[C@@H]21)OCO5. The van der Waals surface area contributed by atoms with Crippen molar-refractivity contribution >= 4 is 20.2 Å². The second-order valence-electron chi connectivity index (χ2n) is 9.55. The Morgan fingerprint density at radius 1 is 1.09 bits per heavy atom. The van der Waals surface area contributed by atoms with Gasteiger partial charge in [0, 0.05) is 44.8 Å². The van der Waals surface area contributed by atoms with Gasteiger partial charge in [-0.2, -0.15) is 12.7 Å². The molecule has 0 radical (unpaired) electrons. The minimum atomic E-state index is -3.57. The Hall–Kier alpha value is -1.44. The van der Waals surface area contributed by atoms with Gasteiger partial charge >= 0.3 is 0 Å². The number of rotatable bonds is 8. The predicted octanol–water partition coefficient (Wildman–Crippen LogP) is 0.963. The zero-order chi connectivity index (χ0) is 23.9. The van der Waals surface area contributed by atoms with E-state index in [1.54, 1.807) is 11.2 Å². The van der Waals surface area contributed by atoms with E-state index in [0.717, 1.165) is 50.3 Å². The number of benzene rings is 1. The van der Waals surface area contributed by atoms with Gasteiger partial charge in [0.05, 0.1) is 5.75 Å². The van der Waals surface area contributed by atoms with Crippen LogP contribution < -0.4 is 18.9 Å². The quantitative estimate of drug-likeness (QED) is 0.496. The number of piperidine rings is 2. The van der Waals surface area contributed by atoms with E-state index in [2.05, 4.69) is 26.5 Å². The van der Waals surface area contributed by atoms with Crippen molar-refractivity contribution in [1.82, 2.24) is 18.6 Å². The molecule has 12 heteroatoms. The summed E-state index contributed by atoms with van der Waals surface area (Å²) >= 11 is 0. The summed E-state index contributed by atoms with van der Waals surface area (Å²) in [4.78, 5) is 2.51. The lowest BCUT2D eigenvalue weighted by Gasteiger charge is -2.51. The van der Waals surface area contributed by atoms with Crippen LogP contribution in [0.25, 0.3) is 0 Å². The first kappa shape index (κ1) is 24.3. The maximum atomic E-state index is 13.3. The van der Waals surface area contributed by atoms with Gasteiger partial charge in [0.25, 0.3) is 10.2 Å². The Labute approximate surface area is 202 Å². The third-order valence-electron chi connectivity index (χ3n) is 7.47. The first-order valence-corrected chi connectivity index (χ1v) is 15.3. The molecule has 10 nitrogen and oxygen atoms in total. The first-order chi connectivity index (χ1) is 16.3. The molecule has 1 aromatic carbocycles. The fraction of sp³-hybridized carbons (Fsp3) is 0.727. The Morgan fingerprint density at radius 2 is 1.88 bits per heavy atom. The number of hydrogen-bond acceptors (Lipinski definition) is 7. The summed E-state index contributed by atoms with van der Waals surface area (Å²) in [5, 5.41) is 0. The molecule has 4 aliphatic heterocycles. The molecule has 2 saturated heterocycles. The lowest BCUT2D eigenvalue weighted by atomic mass is 9.77. The van der Waals surface area contributed by atoms with Gasteiger partial charge in [-0.15, -0.1) is 0 Å². The summed E-state index contributed by atoms with van der Waals surface area (Å²) in [6.07, 6.45) is 3.87. The van der Waals surface area contributed by atoms with E-state index >= 15 is 0 Å². The highest BCUT2D eigenvalue weighted by molar-refractivity contribution is 7.89. The summed E-state index contributed by atoms with van der Waals surface area (Å²) in [5.41, 5.74) is 2.50. The summed E-state index contributed by atoms with van der Waals surface area (Å²) in [7, 11) is -7.07. The maximum absolute atomic E-state index is 13.3. The average Bonchev–Trinajstić information content (AvgIpc) is 3.26. The van der Waals surface area contributed by atoms with Crippen molar-refractivity contribution in [2.24, 2.45) is 5.92 Å². The van der Waals surface area contributed by atoms with E-state index in [0.29, 0.717) is 12.5 Å². The van der Waals surface area contributed by atoms with E-state index < -0.39 is 20.2 Å². The van der Waals surface area contributed by atoms with Gasteiger partial charge in [-0.25, -0.2) is 17.9 Å². The van der Waals surface area contributed by atoms with Crippen LogP contribution in [0.3, 0.4) is 0 Å². The van der Waals surface area contributed by atoms with E-state index in [4.69, 9.17) is 9.47 Å². The number of nitrogens with zero attached hydrogens (tertiary/aromatic N) is 2. The van der Waals surface area contributed by atoms with Gasteiger partial charge in [-0.1, -0.05) is 6.92 Å². The Bertz CT molecular complexity index is 1130. The van der Waals surface area contributed by atoms with E-state index in [1.165, 1.54) is 11.1 Å². The fourth-order valence-corrected chi connectivity index (χ4v) is 8.67. The van der Waals surface area contributed by atoms with Crippen molar-refractivity contribution in [2.75, 3.05) is 45.3 Å². The molecule has 0 saturated carbocycles. The molecule has 0 unspecified atom stereocenters. The van der Waals surface area contributed by atoms with E-state index in [-0.39, 0.29) is 44.1 Å². The van der Waals surface area contributed by atoms with Crippen LogP contribution in [-0.4, -0.2) is 77.4 Å². The van der Waals surface area contributed by atoms with Gasteiger partial charge in [0.2, 0.25) is 16.8 Å². The Kier molecular flexibility index (Phi) is 6.81. The molecule has 0 spiro atoms. The topological polar surface area (TPSA) is 117 Å². The van der Waals surface area contributed by atoms with Crippen molar-refractivity contribution in [2.45, 2.75) is 51.1 Å². The standard InChI is InChI=1S/C22H34N4O6S2/c1-2-23-34(29,30)24-7-4-10-33(27,28)26-8-3-5-17-14-25-9-6-16-11-21-22(32-15-31-21)12-18(16)20(25)13-19(17)26/h11-12,17,19-20,23-24H,2-10,13-15H2,1H3/t17-,19+,20+/m1/s1. The molecule has 190 valence electrons. The first-order valence-electron chi connectivity index (χ1n) is 12.2. The summed E-state index contributed by atoms with van der Waals surface area (Å²) in [5.74, 6) is 1.83. The van der Waals surface area contributed by atoms with Gasteiger partial charge in [-0.3, -0.25) is 4.90 Å². The van der Waals surface area contributed by atoms with Crippen molar-refractivity contribution in [3.8, 4) is 11.5 Å². The van der Waals surface area contributed by atoms with Gasteiger partial charge < -0.3 is 9.47 Å². The van der Waals surface area contributed by atoms with Crippen molar-refractivity contribution < 1.29 is 26.3 Å². The molecule has 0 aliphatic carbocycles. The maximum Gasteiger partial charge on any atom is 0.276 e. The molecule has 2 N–H and O–H groups in total. The molecule has 4 heterocycles.